The molecule has 4 heteroatoms. The van der Waals surface area contributed by atoms with Gasteiger partial charge in [0.2, 0.25) is 0 Å². The minimum atomic E-state index is -0.0686. The standard InChI is InChI=1S/C17H19ClN2O/c1-20(13-15-6-3-2-4-7-15)17(21)19-11-10-14-8-5-9-16(18)12-14/h2-9,12H,10-11,13H2,1H3,(H,19,21). The fourth-order valence-corrected chi connectivity index (χ4v) is 2.28. The van der Waals surface area contributed by atoms with Gasteiger partial charge in [0.25, 0.3) is 0 Å². The number of benzene rings is 2. The molecule has 0 bridgehead atoms. The molecule has 2 aromatic carbocycles. The van der Waals surface area contributed by atoms with E-state index in [-0.39, 0.29) is 6.03 Å². The van der Waals surface area contributed by atoms with Crippen molar-refractivity contribution < 1.29 is 4.79 Å². The van der Waals surface area contributed by atoms with Gasteiger partial charge in [-0.2, -0.15) is 0 Å². The summed E-state index contributed by atoms with van der Waals surface area (Å²) >= 11 is 5.93. The normalized spacial score (nSPS) is 10.2. The van der Waals surface area contributed by atoms with Crippen molar-refractivity contribution in [3.05, 3.63) is 70.7 Å². The number of urea groups is 1. The lowest BCUT2D eigenvalue weighted by Gasteiger charge is -2.18. The number of nitrogens with zero attached hydrogens (tertiary/aromatic N) is 1. The summed E-state index contributed by atoms with van der Waals surface area (Å²) in [6.45, 7) is 1.20. The van der Waals surface area contributed by atoms with Crippen molar-refractivity contribution in [1.29, 1.82) is 0 Å². The van der Waals surface area contributed by atoms with Gasteiger partial charge in [-0.3, -0.25) is 0 Å². The molecule has 21 heavy (non-hydrogen) atoms. The van der Waals surface area contributed by atoms with Gasteiger partial charge in [-0.25, -0.2) is 4.79 Å². The van der Waals surface area contributed by atoms with E-state index in [0.717, 1.165) is 22.6 Å². The van der Waals surface area contributed by atoms with Crippen molar-refractivity contribution in [3.8, 4) is 0 Å². The highest BCUT2D eigenvalue weighted by Gasteiger charge is 2.08. The van der Waals surface area contributed by atoms with Gasteiger partial charge < -0.3 is 10.2 Å². The van der Waals surface area contributed by atoms with E-state index in [2.05, 4.69) is 5.32 Å². The molecule has 1 N–H and O–H groups in total. The van der Waals surface area contributed by atoms with E-state index in [1.807, 2.05) is 54.6 Å². The number of hydrogen-bond donors (Lipinski definition) is 1. The maximum atomic E-state index is 12.0. The van der Waals surface area contributed by atoms with Crippen LogP contribution in [0.3, 0.4) is 0 Å². The smallest absolute Gasteiger partial charge is 0.317 e. The molecule has 0 radical (unpaired) electrons. The second kappa shape index (κ2) is 7.70. The predicted octanol–water partition coefficient (Wildman–Crippen LogP) is 3.72. The molecule has 0 aliphatic rings. The molecule has 2 amide bonds. The molecule has 0 aliphatic heterocycles. The summed E-state index contributed by atoms with van der Waals surface area (Å²) in [5.74, 6) is 0. The largest absolute Gasteiger partial charge is 0.338 e. The van der Waals surface area contributed by atoms with E-state index in [9.17, 15) is 4.79 Å². The summed E-state index contributed by atoms with van der Waals surface area (Å²) in [4.78, 5) is 13.7. The summed E-state index contributed by atoms with van der Waals surface area (Å²) in [5.41, 5.74) is 2.23. The summed E-state index contributed by atoms with van der Waals surface area (Å²) in [6.07, 6.45) is 0.769. The first-order chi connectivity index (χ1) is 10.1. The number of nitrogens with one attached hydrogen (secondary N) is 1. The van der Waals surface area contributed by atoms with Gasteiger partial charge in [0.15, 0.2) is 0 Å². The van der Waals surface area contributed by atoms with Crippen LogP contribution in [0.15, 0.2) is 54.6 Å². The van der Waals surface area contributed by atoms with Crippen molar-refractivity contribution in [2.75, 3.05) is 13.6 Å². The minimum Gasteiger partial charge on any atom is -0.338 e. The van der Waals surface area contributed by atoms with Crippen LogP contribution in [0.2, 0.25) is 5.02 Å². The molecule has 0 spiro atoms. The maximum absolute atomic E-state index is 12.0. The Labute approximate surface area is 130 Å². The fourth-order valence-electron chi connectivity index (χ4n) is 2.07. The molecule has 2 rings (SSSR count). The van der Waals surface area contributed by atoms with Gasteiger partial charge in [0.1, 0.15) is 0 Å². The van der Waals surface area contributed by atoms with Crippen LogP contribution in [0.1, 0.15) is 11.1 Å². The molecule has 0 atom stereocenters. The lowest BCUT2D eigenvalue weighted by Crippen LogP contribution is -2.37. The Hall–Kier alpha value is -2.00. The van der Waals surface area contributed by atoms with Gasteiger partial charge in [-0.15, -0.1) is 0 Å². The van der Waals surface area contributed by atoms with Crippen molar-refractivity contribution in [1.82, 2.24) is 10.2 Å². The minimum absolute atomic E-state index is 0.0686. The van der Waals surface area contributed by atoms with Crippen LogP contribution in [0.5, 0.6) is 0 Å². The van der Waals surface area contributed by atoms with E-state index in [1.165, 1.54) is 0 Å². The Morgan fingerprint density at radius 1 is 1.10 bits per heavy atom. The molecule has 0 saturated heterocycles. The third-order valence-corrected chi connectivity index (χ3v) is 3.42. The zero-order chi connectivity index (χ0) is 15.1. The zero-order valence-electron chi connectivity index (χ0n) is 12.1. The second-order valence-electron chi connectivity index (χ2n) is 4.95. The highest BCUT2D eigenvalue weighted by molar-refractivity contribution is 6.30. The van der Waals surface area contributed by atoms with E-state index in [1.54, 1.807) is 11.9 Å². The number of hydrogen-bond acceptors (Lipinski definition) is 1. The summed E-state index contributed by atoms with van der Waals surface area (Å²) in [6, 6.07) is 17.5. The van der Waals surface area contributed by atoms with Gasteiger partial charge in [-0.1, -0.05) is 54.1 Å². The van der Waals surface area contributed by atoms with Gasteiger partial charge in [-0.05, 0) is 29.7 Å². The van der Waals surface area contributed by atoms with Crippen LogP contribution in [-0.2, 0) is 13.0 Å². The van der Waals surface area contributed by atoms with E-state index in [4.69, 9.17) is 11.6 Å². The number of halogens is 1. The number of rotatable bonds is 5. The molecule has 0 heterocycles. The van der Waals surface area contributed by atoms with Crippen molar-refractivity contribution in [2.45, 2.75) is 13.0 Å². The Balaban J connectivity index is 1.76. The average molecular weight is 303 g/mol. The number of amides is 2. The Bertz CT molecular complexity index is 586. The van der Waals surface area contributed by atoms with E-state index < -0.39 is 0 Å². The molecule has 0 aromatic heterocycles. The highest BCUT2D eigenvalue weighted by Crippen LogP contribution is 2.10. The van der Waals surface area contributed by atoms with Crippen molar-refractivity contribution in [2.24, 2.45) is 0 Å². The van der Waals surface area contributed by atoms with Gasteiger partial charge >= 0.3 is 6.03 Å². The van der Waals surface area contributed by atoms with Crippen molar-refractivity contribution in [3.63, 3.8) is 0 Å². The third-order valence-electron chi connectivity index (χ3n) is 3.19. The third kappa shape index (κ3) is 5.12. The van der Waals surface area contributed by atoms with Gasteiger partial charge in [0, 0.05) is 25.2 Å². The molecule has 0 saturated carbocycles. The molecule has 0 aliphatic carbocycles. The average Bonchev–Trinajstić information content (AvgIpc) is 2.48. The topological polar surface area (TPSA) is 32.3 Å². The maximum Gasteiger partial charge on any atom is 0.317 e. The molecule has 110 valence electrons. The number of carbonyl (C=O) groups is 1. The molecule has 0 unspecified atom stereocenters. The second-order valence-corrected chi connectivity index (χ2v) is 5.39. The van der Waals surface area contributed by atoms with Crippen LogP contribution in [0.4, 0.5) is 4.79 Å². The Morgan fingerprint density at radius 2 is 1.81 bits per heavy atom. The number of carbonyl (C=O) groups excluding carboxylic acids is 1. The van der Waals surface area contributed by atoms with Crippen LogP contribution in [-0.4, -0.2) is 24.5 Å². The summed E-state index contributed by atoms with van der Waals surface area (Å²) < 4.78 is 0. The van der Waals surface area contributed by atoms with Gasteiger partial charge in [0.05, 0.1) is 0 Å². The summed E-state index contributed by atoms with van der Waals surface area (Å²) in [5, 5.41) is 3.64. The highest BCUT2D eigenvalue weighted by atomic mass is 35.5. The first-order valence-electron chi connectivity index (χ1n) is 6.92. The molecule has 2 aromatic rings. The van der Waals surface area contributed by atoms with Crippen LogP contribution in [0, 0.1) is 0 Å². The molecular weight excluding hydrogens is 284 g/mol. The monoisotopic (exact) mass is 302 g/mol. The predicted molar refractivity (Wildman–Crippen MR) is 86.5 cm³/mol. The Morgan fingerprint density at radius 3 is 2.52 bits per heavy atom. The van der Waals surface area contributed by atoms with E-state index >= 15 is 0 Å². The lowest BCUT2D eigenvalue weighted by molar-refractivity contribution is 0.207. The van der Waals surface area contributed by atoms with Crippen molar-refractivity contribution >= 4 is 17.6 Å². The first-order valence-corrected chi connectivity index (χ1v) is 7.30. The quantitative estimate of drug-likeness (QED) is 0.897. The first kappa shape index (κ1) is 15.4. The molecular formula is C17H19ClN2O. The van der Waals surface area contributed by atoms with E-state index in [0.29, 0.717) is 13.1 Å². The molecule has 3 nitrogen and oxygen atoms in total. The molecule has 0 fully saturated rings. The summed E-state index contributed by atoms with van der Waals surface area (Å²) in [7, 11) is 1.79. The fraction of sp³-hybridized carbons (Fsp3) is 0.235. The van der Waals surface area contributed by atoms with Crippen LogP contribution < -0.4 is 5.32 Å². The SMILES string of the molecule is CN(Cc1ccccc1)C(=O)NCCc1cccc(Cl)c1. The van der Waals surface area contributed by atoms with Crippen LogP contribution in [0.25, 0.3) is 0 Å². The van der Waals surface area contributed by atoms with Crippen LogP contribution >= 0.6 is 11.6 Å². The zero-order valence-corrected chi connectivity index (χ0v) is 12.8. The lowest BCUT2D eigenvalue weighted by atomic mass is 10.1. The Kier molecular flexibility index (Phi) is 5.64.